The van der Waals surface area contributed by atoms with Gasteiger partial charge in [0.1, 0.15) is 5.69 Å². The van der Waals surface area contributed by atoms with Crippen LogP contribution < -0.4 is 0 Å². The van der Waals surface area contributed by atoms with Gasteiger partial charge in [-0.25, -0.2) is 0 Å². The minimum atomic E-state index is 0.0904. The molecular formula is C21H24N4OS. The molecule has 3 aromatic rings. The molecule has 0 radical (unpaired) electrons. The number of hydrogen-bond acceptors (Lipinski definition) is 5. The molecule has 3 heterocycles. The van der Waals surface area contributed by atoms with Crippen molar-refractivity contribution in [3.8, 4) is 21.8 Å². The first-order valence-corrected chi connectivity index (χ1v) is 10.3. The van der Waals surface area contributed by atoms with E-state index < -0.39 is 0 Å². The Balaban J connectivity index is 1.41. The zero-order valence-electron chi connectivity index (χ0n) is 15.5. The summed E-state index contributed by atoms with van der Waals surface area (Å²) in [6, 6.07) is 11.0. The van der Waals surface area contributed by atoms with Crippen LogP contribution in [0.4, 0.5) is 0 Å². The number of aliphatic hydroxyl groups is 1. The molecule has 0 spiro atoms. The second-order valence-corrected chi connectivity index (χ2v) is 8.77. The summed E-state index contributed by atoms with van der Waals surface area (Å²) >= 11 is 1.62. The molecule has 2 aliphatic rings. The third kappa shape index (κ3) is 3.12. The van der Waals surface area contributed by atoms with Gasteiger partial charge < -0.3 is 10.0 Å². The summed E-state index contributed by atoms with van der Waals surface area (Å²) < 4.78 is 0. The van der Waals surface area contributed by atoms with E-state index in [0.29, 0.717) is 0 Å². The summed E-state index contributed by atoms with van der Waals surface area (Å²) in [4.78, 5) is 7.04. The van der Waals surface area contributed by atoms with Gasteiger partial charge in [-0.3, -0.25) is 10.00 Å². The number of nitrogens with one attached hydrogen (secondary N) is 1. The summed E-state index contributed by atoms with van der Waals surface area (Å²) in [6.45, 7) is 5.68. The number of hydrogen-bond donors (Lipinski definition) is 2. The number of likely N-dealkylation sites (N-methyl/N-ethyl adjacent to an activating group) is 1. The third-order valence-corrected chi connectivity index (χ3v) is 6.81. The van der Waals surface area contributed by atoms with E-state index in [-0.39, 0.29) is 6.61 Å². The zero-order valence-corrected chi connectivity index (χ0v) is 16.4. The van der Waals surface area contributed by atoms with Crippen molar-refractivity contribution in [3.63, 3.8) is 0 Å². The van der Waals surface area contributed by atoms with Crippen LogP contribution in [0.2, 0.25) is 0 Å². The molecule has 1 aliphatic carbocycles. The summed E-state index contributed by atoms with van der Waals surface area (Å²) in [7, 11) is 2.20. The Morgan fingerprint density at radius 1 is 1.15 bits per heavy atom. The molecule has 6 heteroatoms. The zero-order chi connectivity index (χ0) is 18.4. The lowest BCUT2D eigenvalue weighted by Crippen LogP contribution is -2.43. The molecular weight excluding hydrogens is 356 g/mol. The van der Waals surface area contributed by atoms with Gasteiger partial charge in [0.25, 0.3) is 0 Å². The maximum absolute atomic E-state index is 9.34. The Morgan fingerprint density at radius 3 is 2.78 bits per heavy atom. The SMILES string of the molecule is CN1CCN(Cc2ccc3c(c2)-c2[nH]nc(-c4ccc(CO)s4)c2C3)CC1. The molecule has 0 atom stereocenters. The van der Waals surface area contributed by atoms with Crippen LogP contribution in [-0.2, 0) is 19.6 Å². The van der Waals surface area contributed by atoms with Crippen molar-refractivity contribution in [2.75, 3.05) is 33.2 Å². The van der Waals surface area contributed by atoms with E-state index in [1.54, 1.807) is 11.3 Å². The molecule has 1 fully saturated rings. The highest BCUT2D eigenvalue weighted by Crippen LogP contribution is 2.42. The molecule has 1 saturated heterocycles. The number of aromatic amines is 1. The Labute approximate surface area is 163 Å². The van der Waals surface area contributed by atoms with Crippen LogP contribution in [0.15, 0.2) is 30.3 Å². The molecule has 0 bridgehead atoms. The fraction of sp³-hybridized carbons (Fsp3) is 0.381. The molecule has 0 unspecified atom stereocenters. The summed E-state index contributed by atoms with van der Waals surface area (Å²) in [5.41, 5.74) is 7.54. The van der Waals surface area contributed by atoms with Crippen molar-refractivity contribution < 1.29 is 5.11 Å². The molecule has 2 N–H and O–H groups in total. The minimum absolute atomic E-state index is 0.0904. The fourth-order valence-electron chi connectivity index (χ4n) is 4.12. The van der Waals surface area contributed by atoms with Gasteiger partial charge in [0.05, 0.1) is 17.2 Å². The number of H-pyrrole nitrogens is 1. The number of benzene rings is 1. The Bertz CT molecular complexity index is 968. The van der Waals surface area contributed by atoms with E-state index in [9.17, 15) is 5.11 Å². The van der Waals surface area contributed by atoms with E-state index in [4.69, 9.17) is 0 Å². The molecule has 1 aliphatic heterocycles. The van der Waals surface area contributed by atoms with Crippen LogP contribution >= 0.6 is 11.3 Å². The van der Waals surface area contributed by atoms with Gasteiger partial charge in [0.15, 0.2) is 0 Å². The maximum atomic E-state index is 9.34. The van der Waals surface area contributed by atoms with Gasteiger partial charge in [-0.15, -0.1) is 11.3 Å². The van der Waals surface area contributed by atoms with Crippen molar-refractivity contribution in [1.29, 1.82) is 0 Å². The highest BCUT2D eigenvalue weighted by atomic mass is 32.1. The molecule has 5 rings (SSSR count). The van der Waals surface area contributed by atoms with Crippen LogP contribution in [0, 0.1) is 0 Å². The monoisotopic (exact) mass is 380 g/mol. The smallest absolute Gasteiger partial charge is 0.106 e. The van der Waals surface area contributed by atoms with Crippen molar-refractivity contribution in [2.24, 2.45) is 0 Å². The molecule has 1 aromatic carbocycles. The lowest BCUT2D eigenvalue weighted by Gasteiger charge is -2.32. The Hall–Kier alpha value is -1.99. The number of aromatic nitrogens is 2. The molecule has 140 valence electrons. The quantitative estimate of drug-likeness (QED) is 0.572. The molecule has 0 amide bonds. The number of fused-ring (bicyclic) bond motifs is 3. The van der Waals surface area contributed by atoms with Crippen molar-refractivity contribution in [1.82, 2.24) is 20.0 Å². The van der Waals surface area contributed by atoms with Gasteiger partial charge in [-0.1, -0.05) is 12.1 Å². The van der Waals surface area contributed by atoms with Crippen LogP contribution in [0.3, 0.4) is 0 Å². The van der Waals surface area contributed by atoms with Crippen LogP contribution in [0.1, 0.15) is 21.6 Å². The van der Waals surface area contributed by atoms with Crippen LogP contribution in [0.5, 0.6) is 0 Å². The number of thiophene rings is 1. The lowest BCUT2D eigenvalue weighted by molar-refractivity contribution is 0.148. The molecule has 2 aromatic heterocycles. The fourth-order valence-corrected chi connectivity index (χ4v) is 5.00. The van der Waals surface area contributed by atoms with Gasteiger partial charge in [-0.05, 0) is 36.4 Å². The predicted molar refractivity (Wildman–Crippen MR) is 109 cm³/mol. The molecule has 0 saturated carbocycles. The second-order valence-electron chi connectivity index (χ2n) is 7.60. The van der Waals surface area contributed by atoms with Gasteiger partial charge in [-0.2, -0.15) is 5.10 Å². The predicted octanol–water partition coefficient (Wildman–Crippen LogP) is 2.95. The summed E-state index contributed by atoms with van der Waals surface area (Å²) in [6.07, 6.45) is 0.928. The van der Waals surface area contributed by atoms with E-state index in [0.717, 1.165) is 54.6 Å². The number of piperazine rings is 1. The van der Waals surface area contributed by atoms with E-state index in [1.165, 1.54) is 27.9 Å². The number of aliphatic hydroxyl groups excluding tert-OH is 1. The Morgan fingerprint density at radius 2 is 2.00 bits per heavy atom. The molecule has 27 heavy (non-hydrogen) atoms. The van der Waals surface area contributed by atoms with Gasteiger partial charge in [0, 0.05) is 55.1 Å². The minimum Gasteiger partial charge on any atom is -0.391 e. The average Bonchev–Trinajstić information content (AvgIpc) is 3.38. The Kier molecular flexibility index (Phi) is 4.36. The summed E-state index contributed by atoms with van der Waals surface area (Å²) in [5.74, 6) is 0. The topological polar surface area (TPSA) is 55.4 Å². The normalized spacial score (nSPS) is 17.3. The lowest BCUT2D eigenvalue weighted by atomic mass is 10.0. The highest BCUT2D eigenvalue weighted by Gasteiger charge is 2.26. The van der Waals surface area contributed by atoms with Gasteiger partial charge in [0.2, 0.25) is 0 Å². The van der Waals surface area contributed by atoms with Gasteiger partial charge >= 0.3 is 0 Å². The number of nitrogens with zero attached hydrogens (tertiary/aromatic N) is 3. The van der Waals surface area contributed by atoms with E-state index in [1.807, 2.05) is 6.07 Å². The third-order valence-electron chi connectivity index (χ3n) is 5.73. The standard InChI is InChI=1S/C21H24N4OS/c1-24-6-8-25(9-7-24)12-14-2-3-15-11-18-20(17(15)10-14)22-23-21(18)19-5-4-16(13-26)27-19/h2-5,10,26H,6-9,11-13H2,1H3,(H,22,23). The van der Waals surface area contributed by atoms with Crippen molar-refractivity contribution in [3.05, 3.63) is 51.9 Å². The second kappa shape index (κ2) is 6.87. The van der Waals surface area contributed by atoms with Crippen LogP contribution in [-0.4, -0.2) is 58.3 Å². The van der Waals surface area contributed by atoms with Crippen LogP contribution in [0.25, 0.3) is 21.8 Å². The average molecular weight is 381 g/mol. The maximum Gasteiger partial charge on any atom is 0.106 e. The summed E-state index contributed by atoms with van der Waals surface area (Å²) in [5, 5.41) is 17.2. The first kappa shape index (κ1) is 17.1. The first-order valence-electron chi connectivity index (χ1n) is 9.51. The van der Waals surface area contributed by atoms with Crippen molar-refractivity contribution >= 4 is 11.3 Å². The van der Waals surface area contributed by atoms with E-state index in [2.05, 4.69) is 51.3 Å². The van der Waals surface area contributed by atoms with Crippen molar-refractivity contribution in [2.45, 2.75) is 19.6 Å². The highest BCUT2D eigenvalue weighted by molar-refractivity contribution is 7.15. The first-order chi connectivity index (χ1) is 13.2. The number of rotatable bonds is 4. The largest absolute Gasteiger partial charge is 0.391 e. The van der Waals surface area contributed by atoms with E-state index >= 15 is 0 Å². The molecule has 5 nitrogen and oxygen atoms in total.